The molecule has 1 heterocycles. The second-order valence-corrected chi connectivity index (χ2v) is 6.90. The van der Waals surface area contributed by atoms with Crippen molar-refractivity contribution in [1.82, 2.24) is 4.98 Å². The molecule has 3 rings (SSSR count). The van der Waals surface area contributed by atoms with Gasteiger partial charge in [0.2, 0.25) is 0 Å². The van der Waals surface area contributed by atoms with Gasteiger partial charge < -0.3 is 9.72 Å². The minimum atomic E-state index is -0.423. The Labute approximate surface area is 140 Å². The molecule has 0 aliphatic heterocycles. The van der Waals surface area contributed by atoms with Crippen LogP contribution in [0.4, 0.5) is 4.39 Å². The number of aromatic nitrogens is 1. The van der Waals surface area contributed by atoms with Crippen LogP contribution in [0.5, 0.6) is 5.75 Å². The molecule has 0 atom stereocenters. The Kier molecular flexibility index (Phi) is 3.91. The van der Waals surface area contributed by atoms with Crippen LogP contribution >= 0.6 is 0 Å². The Morgan fingerprint density at radius 3 is 2.46 bits per heavy atom. The number of nitrogens with one attached hydrogen (secondary N) is 1. The summed E-state index contributed by atoms with van der Waals surface area (Å²) in [5.74, 6) is 0.271. The zero-order chi connectivity index (χ0) is 17.5. The molecule has 1 N–H and O–H groups in total. The lowest BCUT2D eigenvalue weighted by atomic mass is 9.86. The van der Waals surface area contributed by atoms with Gasteiger partial charge in [0.15, 0.2) is 5.43 Å². The third-order valence-electron chi connectivity index (χ3n) is 4.15. The number of rotatable bonds is 2. The number of benzene rings is 2. The minimum Gasteiger partial charge on any atom is -0.496 e. The van der Waals surface area contributed by atoms with E-state index in [1.165, 1.54) is 18.2 Å². The van der Waals surface area contributed by atoms with Gasteiger partial charge in [0.1, 0.15) is 11.6 Å². The number of methoxy groups -OCH3 is 1. The van der Waals surface area contributed by atoms with Crippen molar-refractivity contribution in [3.05, 3.63) is 64.1 Å². The van der Waals surface area contributed by atoms with Crippen LogP contribution in [0.1, 0.15) is 26.3 Å². The molecule has 2 aromatic carbocycles. The Morgan fingerprint density at radius 1 is 1.04 bits per heavy atom. The zero-order valence-electron chi connectivity index (χ0n) is 14.2. The quantitative estimate of drug-likeness (QED) is 0.746. The maximum absolute atomic E-state index is 13.3. The molecule has 0 radical (unpaired) electrons. The molecule has 1 aromatic heterocycles. The van der Waals surface area contributed by atoms with Gasteiger partial charge in [-0.2, -0.15) is 0 Å². The van der Waals surface area contributed by atoms with E-state index >= 15 is 0 Å². The van der Waals surface area contributed by atoms with Crippen LogP contribution in [0.2, 0.25) is 0 Å². The van der Waals surface area contributed by atoms with Gasteiger partial charge in [-0.1, -0.05) is 26.8 Å². The summed E-state index contributed by atoms with van der Waals surface area (Å²) >= 11 is 0. The van der Waals surface area contributed by atoms with Crippen molar-refractivity contribution < 1.29 is 9.13 Å². The summed E-state index contributed by atoms with van der Waals surface area (Å²) in [4.78, 5) is 15.5. The topological polar surface area (TPSA) is 42.1 Å². The second-order valence-electron chi connectivity index (χ2n) is 6.90. The van der Waals surface area contributed by atoms with Crippen LogP contribution in [-0.2, 0) is 5.41 Å². The van der Waals surface area contributed by atoms with E-state index < -0.39 is 5.82 Å². The molecular formula is C20H20FNO2. The second kappa shape index (κ2) is 5.78. The van der Waals surface area contributed by atoms with Gasteiger partial charge in [-0.3, -0.25) is 4.79 Å². The third-order valence-corrected chi connectivity index (χ3v) is 4.15. The van der Waals surface area contributed by atoms with E-state index in [2.05, 4.69) is 25.8 Å². The van der Waals surface area contributed by atoms with Gasteiger partial charge in [-0.05, 0) is 41.3 Å². The maximum Gasteiger partial charge on any atom is 0.190 e. The standard InChI is InChI=1S/C20H20FNO2/c1-20(2,3)12-5-7-14(19(9-12)24-4)17-11-18(23)15-10-13(21)6-8-16(15)22-17/h5-11H,1-4H3,(H,22,23). The molecule has 0 amide bonds. The summed E-state index contributed by atoms with van der Waals surface area (Å²) in [5, 5.41) is 0.337. The molecule has 0 fully saturated rings. The van der Waals surface area contributed by atoms with Crippen molar-refractivity contribution in [2.45, 2.75) is 26.2 Å². The molecule has 0 bridgehead atoms. The predicted molar refractivity (Wildman–Crippen MR) is 95.2 cm³/mol. The van der Waals surface area contributed by atoms with Gasteiger partial charge >= 0.3 is 0 Å². The molecule has 0 unspecified atom stereocenters. The van der Waals surface area contributed by atoms with Crippen LogP contribution in [0.15, 0.2) is 47.3 Å². The fourth-order valence-electron chi connectivity index (χ4n) is 2.74. The predicted octanol–water partition coefficient (Wildman–Crippen LogP) is 4.64. The summed E-state index contributed by atoms with van der Waals surface area (Å²) in [6, 6.07) is 11.6. The van der Waals surface area contributed by atoms with Crippen LogP contribution in [0.25, 0.3) is 22.2 Å². The maximum atomic E-state index is 13.3. The van der Waals surface area contributed by atoms with Gasteiger partial charge in [-0.25, -0.2) is 4.39 Å². The van der Waals surface area contributed by atoms with Crippen LogP contribution in [0.3, 0.4) is 0 Å². The number of H-pyrrole nitrogens is 1. The van der Waals surface area contributed by atoms with E-state index in [4.69, 9.17) is 4.74 Å². The molecular weight excluding hydrogens is 305 g/mol. The Morgan fingerprint density at radius 2 is 1.79 bits per heavy atom. The highest BCUT2D eigenvalue weighted by atomic mass is 19.1. The smallest absolute Gasteiger partial charge is 0.190 e. The van der Waals surface area contributed by atoms with Crippen molar-refractivity contribution in [2.24, 2.45) is 0 Å². The summed E-state index contributed by atoms with van der Waals surface area (Å²) in [7, 11) is 1.61. The number of hydrogen-bond donors (Lipinski definition) is 1. The van der Waals surface area contributed by atoms with Crippen molar-refractivity contribution in [3.63, 3.8) is 0 Å². The third kappa shape index (κ3) is 2.92. The molecule has 124 valence electrons. The van der Waals surface area contributed by atoms with Gasteiger partial charge in [0.25, 0.3) is 0 Å². The summed E-state index contributed by atoms with van der Waals surface area (Å²) in [5.41, 5.74) is 2.97. The Balaban J connectivity index is 2.20. The van der Waals surface area contributed by atoms with Crippen LogP contribution in [0, 0.1) is 5.82 Å². The first kappa shape index (κ1) is 16.2. The number of halogens is 1. The van der Waals surface area contributed by atoms with Crippen molar-refractivity contribution in [2.75, 3.05) is 7.11 Å². The Hall–Kier alpha value is -2.62. The number of fused-ring (bicyclic) bond motifs is 1. The average molecular weight is 325 g/mol. The lowest BCUT2D eigenvalue weighted by Gasteiger charge is -2.21. The molecule has 0 aliphatic carbocycles. The van der Waals surface area contributed by atoms with Crippen LogP contribution < -0.4 is 10.2 Å². The van der Waals surface area contributed by atoms with Crippen LogP contribution in [-0.4, -0.2) is 12.1 Å². The normalized spacial score (nSPS) is 11.7. The van der Waals surface area contributed by atoms with E-state index in [9.17, 15) is 9.18 Å². The van der Waals surface area contributed by atoms with E-state index in [-0.39, 0.29) is 10.8 Å². The minimum absolute atomic E-state index is 0.000129. The molecule has 24 heavy (non-hydrogen) atoms. The number of pyridine rings is 1. The molecule has 0 saturated carbocycles. The first-order chi connectivity index (χ1) is 11.3. The lowest BCUT2D eigenvalue weighted by Crippen LogP contribution is -2.11. The average Bonchev–Trinajstić information content (AvgIpc) is 2.54. The van der Waals surface area contributed by atoms with Crippen molar-refractivity contribution >= 4 is 10.9 Å². The number of hydrogen-bond acceptors (Lipinski definition) is 2. The zero-order valence-corrected chi connectivity index (χ0v) is 14.2. The van der Waals surface area contributed by atoms with E-state index in [0.29, 0.717) is 22.3 Å². The summed E-state index contributed by atoms with van der Waals surface area (Å²) in [6.07, 6.45) is 0. The highest BCUT2D eigenvalue weighted by Crippen LogP contribution is 2.33. The Bertz CT molecular complexity index is 968. The molecule has 3 nitrogen and oxygen atoms in total. The van der Waals surface area contributed by atoms with Crippen molar-refractivity contribution in [1.29, 1.82) is 0 Å². The monoisotopic (exact) mass is 325 g/mol. The molecule has 4 heteroatoms. The van der Waals surface area contributed by atoms with E-state index in [0.717, 1.165) is 11.1 Å². The van der Waals surface area contributed by atoms with Gasteiger partial charge in [-0.15, -0.1) is 0 Å². The fraction of sp³-hybridized carbons (Fsp3) is 0.250. The van der Waals surface area contributed by atoms with Gasteiger partial charge in [0, 0.05) is 22.5 Å². The summed E-state index contributed by atoms with van der Waals surface area (Å²) in [6.45, 7) is 6.40. The first-order valence-corrected chi connectivity index (χ1v) is 7.81. The SMILES string of the molecule is COc1cc(C(C)(C)C)ccc1-c1cc(=O)c2cc(F)ccc2[nH]1. The van der Waals surface area contributed by atoms with Gasteiger partial charge in [0.05, 0.1) is 12.8 Å². The highest BCUT2D eigenvalue weighted by Gasteiger charge is 2.17. The van der Waals surface area contributed by atoms with Crippen molar-refractivity contribution in [3.8, 4) is 17.0 Å². The molecule has 3 aromatic rings. The molecule has 0 spiro atoms. The first-order valence-electron chi connectivity index (χ1n) is 7.81. The summed E-state index contributed by atoms with van der Waals surface area (Å²) < 4.78 is 18.9. The number of aromatic amines is 1. The molecule has 0 saturated heterocycles. The van der Waals surface area contributed by atoms with E-state index in [1.807, 2.05) is 18.2 Å². The lowest BCUT2D eigenvalue weighted by molar-refractivity contribution is 0.414. The fourth-order valence-corrected chi connectivity index (χ4v) is 2.74. The van der Waals surface area contributed by atoms with E-state index in [1.54, 1.807) is 13.2 Å². The number of ether oxygens (including phenoxy) is 1. The largest absolute Gasteiger partial charge is 0.496 e. The molecule has 0 aliphatic rings. The highest BCUT2D eigenvalue weighted by molar-refractivity contribution is 5.82.